The van der Waals surface area contributed by atoms with E-state index < -0.39 is 12.6 Å². The molecule has 0 fully saturated rings. The molecule has 0 aromatic carbocycles. The van der Waals surface area contributed by atoms with Crippen LogP contribution in [-0.2, 0) is 6.54 Å². The maximum Gasteiger partial charge on any atom is 0.390 e. The van der Waals surface area contributed by atoms with Gasteiger partial charge >= 0.3 is 6.18 Å². The van der Waals surface area contributed by atoms with Crippen LogP contribution in [0.3, 0.4) is 0 Å². The van der Waals surface area contributed by atoms with E-state index in [2.05, 4.69) is 4.98 Å². The summed E-state index contributed by atoms with van der Waals surface area (Å²) in [4.78, 5) is 5.63. The fourth-order valence-electron chi connectivity index (χ4n) is 1.50. The van der Waals surface area contributed by atoms with Gasteiger partial charge in [-0.05, 0) is 13.0 Å². The number of halogens is 3. The number of nitrogens with zero attached hydrogens (tertiary/aromatic N) is 2. The summed E-state index contributed by atoms with van der Waals surface area (Å²) in [7, 11) is 1.62. The molecule has 0 aliphatic carbocycles. The summed E-state index contributed by atoms with van der Waals surface area (Å²) in [5.41, 5.74) is 7.75. The molecule has 96 valence electrons. The Morgan fingerprint density at radius 2 is 2.06 bits per heavy atom. The van der Waals surface area contributed by atoms with Crippen LogP contribution in [0.2, 0.25) is 0 Å². The molecule has 2 N–H and O–H groups in total. The van der Waals surface area contributed by atoms with Crippen molar-refractivity contribution in [2.24, 2.45) is 5.73 Å². The molecule has 0 unspecified atom stereocenters. The zero-order valence-electron chi connectivity index (χ0n) is 9.88. The van der Waals surface area contributed by atoms with Crippen LogP contribution in [0, 0.1) is 6.92 Å². The first-order chi connectivity index (χ1) is 7.83. The van der Waals surface area contributed by atoms with Crippen LogP contribution in [0.5, 0.6) is 0 Å². The van der Waals surface area contributed by atoms with Crippen molar-refractivity contribution >= 4 is 5.69 Å². The fourth-order valence-corrected chi connectivity index (χ4v) is 1.50. The van der Waals surface area contributed by atoms with Gasteiger partial charge in [-0.15, -0.1) is 0 Å². The standard InChI is InChI=1S/C11H16F3N3/c1-8-5-10(9(6-15)7-16-8)17(2)4-3-11(12,13)14/h5,7H,3-4,6,15H2,1-2H3. The molecule has 1 aromatic heterocycles. The molecule has 17 heavy (non-hydrogen) atoms. The van der Waals surface area contributed by atoms with E-state index in [4.69, 9.17) is 5.73 Å². The SMILES string of the molecule is Cc1cc(N(C)CCC(F)(F)F)c(CN)cn1. The first-order valence-corrected chi connectivity index (χ1v) is 5.27. The van der Waals surface area contributed by atoms with Crippen molar-refractivity contribution in [3.63, 3.8) is 0 Å². The molecule has 0 saturated heterocycles. The number of hydrogen-bond acceptors (Lipinski definition) is 3. The predicted octanol–water partition coefficient (Wildman–Crippen LogP) is 2.24. The van der Waals surface area contributed by atoms with Gasteiger partial charge in [0.2, 0.25) is 0 Å². The van der Waals surface area contributed by atoms with Gasteiger partial charge < -0.3 is 10.6 Å². The number of nitrogens with two attached hydrogens (primary N) is 1. The largest absolute Gasteiger partial charge is 0.390 e. The highest BCUT2D eigenvalue weighted by Gasteiger charge is 2.27. The average molecular weight is 247 g/mol. The lowest BCUT2D eigenvalue weighted by Gasteiger charge is -2.22. The lowest BCUT2D eigenvalue weighted by molar-refractivity contribution is -0.132. The van der Waals surface area contributed by atoms with Crippen LogP contribution in [0.15, 0.2) is 12.3 Å². The molecule has 0 radical (unpaired) electrons. The van der Waals surface area contributed by atoms with Crippen LogP contribution < -0.4 is 10.6 Å². The predicted molar refractivity (Wildman–Crippen MR) is 60.8 cm³/mol. The van der Waals surface area contributed by atoms with E-state index in [0.717, 1.165) is 11.3 Å². The van der Waals surface area contributed by atoms with Crippen molar-refractivity contribution in [1.29, 1.82) is 0 Å². The van der Waals surface area contributed by atoms with Crippen molar-refractivity contribution < 1.29 is 13.2 Å². The van der Waals surface area contributed by atoms with Crippen LogP contribution in [0.25, 0.3) is 0 Å². The van der Waals surface area contributed by atoms with E-state index in [1.807, 2.05) is 0 Å². The summed E-state index contributed by atoms with van der Waals surface area (Å²) in [5.74, 6) is 0. The second-order valence-corrected chi connectivity index (χ2v) is 3.95. The average Bonchev–Trinajstić information content (AvgIpc) is 2.25. The first-order valence-electron chi connectivity index (χ1n) is 5.27. The van der Waals surface area contributed by atoms with Crippen LogP contribution in [-0.4, -0.2) is 24.8 Å². The molecule has 1 heterocycles. The number of rotatable bonds is 4. The molecule has 0 bridgehead atoms. The first kappa shape index (κ1) is 13.8. The fraction of sp³-hybridized carbons (Fsp3) is 0.545. The van der Waals surface area contributed by atoms with Crippen molar-refractivity contribution in [1.82, 2.24) is 4.98 Å². The second-order valence-electron chi connectivity index (χ2n) is 3.95. The Labute approximate surface area is 98.4 Å². The quantitative estimate of drug-likeness (QED) is 0.887. The van der Waals surface area contributed by atoms with Crippen molar-refractivity contribution in [2.45, 2.75) is 26.1 Å². The van der Waals surface area contributed by atoms with Crippen molar-refractivity contribution in [3.05, 3.63) is 23.5 Å². The molecule has 1 aromatic rings. The van der Waals surface area contributed by atoms with Crippen molar-refractivity contribution in [2.75, 3.05) is 18.5 Å². The summed E-state index contributed by atoms with van der Waals surface area (Å²) < 4.78 is 36.4. The lowest BCUT2D eigenvalue weighted by atomic mass is 10.2. The number of anilines is 1. The minimum Gasteiger partial charge on any atom is -0.374 e. The summed E-state index contributed by atoms with van der Waals surface area (Å²) in [5, 5.41) is 0. The van der Waals surface area contributed by atoms with Gasteiger partial charge in [0.1, 0.15) is 0 Å². The van der Waals surface area contributed by atoms with Gasteiger partial charge in [0.05, 0.1) is 6.42 Å². The molecule has 3 nitrogen and oxygen atoms in total. The molecule has 0 spiro atoms. The number of hydrogen-bond donors (Lipinski definition) is 1. The molecule has 0 aliphatic heterocycles. The Bertz CT molecular complexity index is 377. The number of alkyl halides is 3. The highest BCUT2D eigenvalue weighted by Crippen LogP contribution is 2.23. The van der Waals surface area contributed by atoms with Gasteiger partial charge in [-0.1, -0.05) is 0 Å². The van der Waals surface area contributed by atoms with E-state index >= 15 is 0 Å². The number of aryl methyl sites for hydroxylation is 1. The normalized spacial score (nSPS) is 11.6. The Morgan fingerprint density at radius 3 is 2.59 bits per heavy atom. The van der Waals surface area contributed by atoms with E-state index in [9.17, 15) is 13.2 Å². The Hall–Kier alpha value is -1.30. The third-order valence-corrected chi connectivity index (χ3v) is 2.46. The zero-order valence-corrected chi connectivity index (χ0v) is 9.88. The third kappa shape index (κ3) is 4.22. The summed E-state index contributed by atoms with van der Waals surface area (Å²) >= 11 is 0. The number of aromatic nitrogens is 1. The van der Waals surface area contributed by atoms with Gasteiger partial charge in [0.25, 0.3) is 0 Å². The minimum atomic E-state index is -4.14. The second kappa shape index (κ2) is 5.35. The molecular formula is C11H16F3N3. The Morgan fingerprint density at radius 1 is 1.41 bits per heavy atom. The maximum absolute atomic E-state index is 12.1. The lowest BCUT2D eigenvalue weighted by Crippen LogP contribution is -2.25. The summed E-state index contributed by atoms with van der Waals surface area (Å²) in [6.45, 7) is 1.97. The number of pyridine rings is 1. The summed E-state index contributed by atoms with van der Waals surface area (Å²) in [6.07, 6.45) is -3.37. The highest BCUT2D eigenvalue weighted by molar-refractivity contribution is 5.52. The molecule has 0 amide bonds. The van der Waals surface area contributed by atoms with Gasteiger partial charge in [0, 0.05) is 43.3 Å². The molecule has 6 heteroatoms. The maximum atomic E-state index is 12.1. The van der Waals surface area contributed by atoms with E-state index in [-0.39, 0.29) is 13.1 Å². The van der Waals surface area contributed by atoms with Crippen LogP contribution in [0.4, 0.5) is 18.9 Å². The minimum absolute atomic E-state index is 0.0834. The van der Waals surface area contributed by atoms with E-state index in [1.165, 1.54) is 0 Å². The monoisotopic (exact) mass is 247 g/mol. The molecule has 0 aliphatic rings. The van der Waals surface area contributed by atoms with Gasteiger partial charge in [0.15, 0.2) is 0 Å². The highest BCUT2D eigenvalue weighted by atomic mass is 19.4. The Kier molecular flexibility index (Phi) is 4.34. The Balaban J connectivity index is 2.80. The van der Waals surface area contributed by atoms with Gasteiger partial charge in [-0.3, -0.25) is 4.98 Å². The smallest absolute Gasteiger partial charge is 0.374 e. The van der Waals surface area contributed by atoms with Gasteiger partial charge in [-0.2, -0.15) is 13.2 Å². The zero-order chi connectivity index (χ0) is 13.1. The molecule has 1 rings (SSSR count). The molecular weight excluding hydrogens is 231 g/mol. The van der Waals surface area contributed by atoms with Gasteiger partial charge in [-0.25, -0.2) is 0 Å². The molecule has 0 atom stereocenters. The van der Waals surface area contributed by atoms with E-state index in [0.29, 0.717) is 5.69 Å². The molecule has 0 saturated carbocycles. The third-order valence-electron chi connectivity index (χ3n) is 2.46. The van der Waals surface area contributed by atoms with E-state index in [1.54, 1.807) is 31.1 Å². The topological polar surface area (TPSA) is 42.1 Å². The van der Waals surface area contributed by atoms with Crippen LogP contribution in [0.1, 0.15) is 17.7 Å². The summed E-state index contributed by atoms with van der Waals surface area (Å²) in [6, 6.07) is 1.75. The van der Waals surface area contributed by atoms with Crippen LogP contribution >= 0.6 is 0 Å². The van der Waals surface area contributed by atoms with Crippen molar-refractivity contribution in [3.8, 4) is 0 Å².